The van der Waals surface area contributed by atoms with Crippen LogP contribution in [0, 0.1) is 0 Å². The summed E-state index contributed by atoms with van der Waals surface area (Å²) >= 11 is 0. The maximum absolute atomic E-state index is 11.4. The maximum Gasteiger partial charge on any atom is 0.252 e. The van der Waals surface area contributed by atoms with Gasteiger partial charge in [0.2, 0.25) is 11.8 Å². The predicted molar refractivity (Wildman–Crippen MR) is 65.4 cm³/mol. The number of hydrogen-bond donors (Lipinski definition) is 1. The summed E-state index contributed by atoms with van der Waals surface area (Å²) in [5, 5.41) is 0. The van der Waals surface area contributed by atoms with Crippen LogP contribution in [-0.4, -0.2) is 24.8 Å². The second kappa shape index (κ2) is 5.31. The lowest BCUT2D eigenvalue weighted by atomic mass is 10.1. The summed E-state index contributed by atoms with van der Waals surface area (Å²) in [5.74, 6) is -1.29. The molecule has 0 heterocycles. The normalized spacial score (nSPS) is 9.72. The van der Waals surface area contributed by atoms with Gasteiger partial charge in [-0.05, 0) is 18.2 Å². The lowest BCUT2D eigenvalue weighted by Gasteiger charge is -2.18. The third-order valence-electron chi connectivity index (χ3n) is 2.34. The first-order valence-corrected chi connectivity index (χ1v) is 5.17. The molecular formula is C12H14N2O4. The lowest BCUT2D eigenvalue weighted by molar-refractivity contribution is -0.124. The fraction of sp³-hybridized carbons (Fsp3) is 0.250. The summed E-state index contributed by atoms with van der Waals surface area (Å²) < 4.78 is 4.97. The number of anilines is 1. The molecule has 96 valence electrons. The number of amides is 3. The average Bonchev–Trinajstić information content (AvgIpc) is 2.27. The van der Waals surface area contributed by atoms with Gasteiger partial charge in [-0.3, -0.25) is 19.3 Å². The van der Waals surface area contributed by atoms with Crippen molar-refractivity contribution >= 4 is 23.4 Å². The summed E-state index contributed by atoms with van der Waals surface area (Å²) in [6, 6.07) is 4.34. The fourth-order valence-corrected chi connectivity index (χ4v) is 1.61. The van der Waals surface area contributed by atoms with Crippen LogP contribution in [0.5, 0.6) is 5.75 Å². The van der Waals surface area contributed by atoms with Gasteiger partial charge in [-0.1, -0.05) is 0 Å². The zero-order valence-electron chi connectivity index (χ0n) is 10.4. The van der Waals surface area contributed by atoms with Gasteiger partial charge in [-0.15, -0.1) is 0 Å². The number of methoxy groups -OCH3 is 1. The zero-order valence-corrected chi connectivity index (χ0v) is 10.4. The Morgan fingerprint density at radius 2 is 1.72 bits per heavy atom. The molecule has 0 saturated heterocycles. The van der Waals surface area contributed by atoms with Crippen LogP contribution in [0.2, 0.25) is 0 Å². The molecule has 1 rings (SSSR count). The van der Waals surface area contributed by atoms with E-state index in [1.807, 2.05) is 0 Å². The second-order valence-electron chi connectivity index (χ2n) is 3.62. The highest BCUT2D eigenvalue weighted by Crippen LogP contribution is 2.25. The number of primary amides is 1. The Kier molecular flexibility index (Phi) is 4.04. The van der Waals surface area contributed by atoms with Crippen molar-refractivity contribution in [1.82, 2.24) is 0 Å². The van der Waals surface area contributed by atoms with Gasteiger partial charge in [0, 0.05) is 13.8 Å². The van der Waals surface area contributed by atoms with E-state index < -0.39 is 17.7 Å². The number of nitrogens with two attached hydrogens (primary N) is 1. The molecule has 3 amide bonds. The van der Waals surface area contributed by atoms with Crippen LogP contribution in [0.4, 0.5) is 5.69 Å². The molecule has 0 radical (unpaired) electrons. The molecule has 1 aromatic rings. The Morgan fingerprint density at radius 1 is 1.17 bits per heavy atom. The summed E-state index contributed by atoms with van der Waals surface area (Å²) in [7, 11) is 1.40. The Bertz CT molecular complexity index is 497. The van der Waals surface area contributed by atoms with Crippen molar-refractivity contribution in [3.05, 3.63) is 23.8 Å². The van der Waals surface area contributed by atoms with E-state index >= 15 is 0 Å². The fourth-order valence-electron chi connectivity index (χ4n) is 1.61. The molecule has 0 aliphatic heterocycles. The van der Waals surface area contributed by atoms with Crippen LogP contribution < -0.4 is 15.4 Å². The molecule has 6 nitrogen and oxygen atoms in total. The number of hydrogen-bond acceptors (Lipinski definition) is 4. The van der Waals surface area contributed by atoms with Gasteiger partial charge in [0.15, 0.2) is 0 Å². The molecule has 0 aliphatic rings. The molecule has 18 heavy (non-hydrogen) atoms. The van der Waals surface area contributed by atoms with E-state index in [1.54, 1.807) is 0 Å². The molecule has 0 saturated carbocycles. The van der Waals surface area contributed by atoms with Gasteiger partial charge < -0.3 is 10.5 Å². The SMILES string of the molecule is COc1ccc(N(C(C)=O)C(C)=O)cc1C(N)=O. The van der Waals surface area contributed by atoms with E-state index in [4.69, 9.17) is 10.5 Å². The van der Waals surface area contributed by atoms with Gasteiger partial charge in [0.05, 0.1) is 18.4 Å². The van der Waals surface area contributed by atoms with Crippen molar-refractivity contribution in [2.45, 2.75) is 13.8 Å². The van der Waals surface area contributed by atoms with Crippen LogP contribution in [0.15, 0.2) is 18.2 Å². The van der Waals surface area contributed by atoms with E-state index in [0.29, 0.717) is 5.75 Å². The van der Waals surface area contributed by atoms with E-state index in [2.05, 4.69) is 0 Å². The van der Waals surface area contributed by atoms with Gasteiger partial charge in [0.25, 0.3) is 5.91 Å². The number of imide groups is 1. The van der Waals surface area contributed by atoms with Crippen molar-refractivity contribution in [2.75, 3.05) is 12.0 Å². The number of rotatable bonds is 3. The summed E-state index contributed by atoms with van der Waals surface area (Å²) in [4.78, 5) is 35.0. The molecule has 2 N–H and O–H groups in total. The first-order chi connectivity index (χ1) is 8.38. The predicted octanol–water partition coefficient (Wildman–Crippen LogP) is 0.694. The summed E-state index contributed by atoms with van der Waals surface area (Å²) in [6.45, 7) is 2.52. The molecule has 0 aromatic heterocycles. The van der Waals surface area contributed by atoms with Crippen LogP contribution >= 0.6 is 0 Å². The zero-order chi connectivity index (χ0) is 13.9. The smallest absolute Gasteiger partial charge is 0.252 e. The molecule has 1 aromatic carbocycles. The molecule has 0 aliphatic carbocycles. The van der Waals surface area contributed by atoms with E-state index in [9.17, 15) is 14.4 Å². The first kappa shape index (κ1) is 13.7. The minimum atomic E-state index is -0.694. The Morgan fingerprint density at radius 3 is 2.11 bits per heavy atom. The number of benzene rings is 1. The molecule has 0 unspecified atom stereocenters. The number of ether oxygens (including phenoxy) is 1. The van der Waals surface area contributed by atoms with Crippen LogP contribution in [0.1, 0.15) is 24.2 Å². The molecule has 0 bridgehead atoms. The van der Waals surface area contributed by atoms with Gasteiger partial charge >= 0.3 is 0 Å². The number of nitrogens with zero attached hydrogens (tertiary/aromatic N) is 1. The topological polar surface area (TPSA) is 89.7 Å². The standard InChI is InChI=1S/C12H14N2O4/c1-7(15)14(8(2)16)9-4-5-11(18-3)10(6-9)12(13)17/h4-6H,1-3H3,(H2,13,17). The van der Waals surface area contributed by atoms with Crippen LogP contribution in [0.3, 0.4) is 0 Å². The van der Waals surface area contributed by atoms with Gasteiger partial charge in [-0.25, -0.2) is 0 Å². The minimum absolute atomic E-state index is 0.113. The van der Waals surface area contributed by atoms with E-state index in [0.717, 1.165) is 4.90 Å². The maximum atomic E-state index is 11.4. The Hall–Kier alpha value is -2.37. The second-order valence-corrected chi connectivity index (χ2v) is 3.62. The molecule has 0 spiro atoms. The first-order valence-electron chi connectivity index (χ1n) is 5.17. The van der Waals surface area contributed by atoms with Crippen molar-refractivity contribution in [1.29, 1.82) is 0 Å². The van der Waals surface area contributed by atoms with Gasteiger partial charge in [-0.2, -0.15) is 0 Å². The van der Waals surface area contributed by atoms with Crippen LogP contribution in [-0.2, 0) is 9.59 Å². The van der Waals surface area contributed by atoms with Crippen molar-refractivity contribution in [2.24, 2.45) is 5.73 Å². The van der Waals surface area contributed by atoms with E-state index in [1.165, 1.54) is 39.2 Å². The molecule has 0 fully saturated rings. The largest absolute Gasteiger partial charge is 0.496 e. The molecule has 6 heteroatoms. The molecule has 0 atom stereocenters. The summed E-state index contributed by atoms with van der Waals surface area (Å²) in [5.41, 5.74) is 5.60. The van der Waals surface area contributed by atoms with Gasteiger partial charge in [0.1, 0.15) is 5.75 Å². The summed E-state index contributed by atoms with van der Waals surface area (Å²) in [6.07, 6.45) is 0. The molecular weight excluding hydrogens is 236 g/mol. The monoisotopic (exact) mass is 250 g/mol. The average molecular weight is 250 g/mol. The van der Waals surface area contributed by atoms with Crippen molar-refractivity contribution in [3.8, 4) is 5.75 Å². The third-order valence-corrected chi connectivity index (χ3v) is 2.34. The number of carbonyl (C=O) groups excluding carboxylic acids is 3. The lowest BCUT2D eigenvalue weighted by Crippen LogP contribution is -2.33. The highest BCUT2D eigenvalue weighted by Gasteiger charge is 2.19. The minimum Gasteiger partial charge on any atom is -0.496 e. The van der Waals surface area contributed by atoms with Crippen LogP contribution in [0.25, 0.3) is 0 Å². The third kappa shape index (κ3) is 2.65. The van der Waals surface area contributed by atoms with Crippen molar-refractivity contribution < 1.29 is 19.1 Å². The van der Waals surface area contributed by atoms with Crippen molar-refractivity contribution in [3.63, 3.8) is 0 Å². The highest BCUT2D eigenvalue weighted by molar-refractivity contribution is 6.13. The van der Waals surface area contributed by atoms with E-state index in [-0.39, 0.29) is 11.3 Å². The Labute approximate surface area is 104 Å². The Balaban J connectivity index is 3.34. The number of carbonyl (C=O) groups is 3. The highest BCUT2D eigenvalue weighted by atomic mass is 16.5. The quantitative estimate of drug-likeness (QED) is 0.854.